The lowest BCUT2D eigenvalue weighted by Gasteiger charge is -2.43. The molecule has 6 nitrogen and oxygen atoms in total. The van der Waals surface area contributed by atoms with Gasteiger partial charge in [0.05, 0.1) is 6.61 Å². The van der Waals surface area contributed by atoms with Crippen LogP contribution in [0.1, 0.15) is 20.3 Å². The average molecular weight is 356 g/mol. The highest BCUT2D eigenvalue weighted by atomic mass is 32.2. The quantitative estimate of drug-likeness (QED) is 0.630. The molecule has 138 valence electrons. The molecule has 0 unspecified atom stereocenters. The van der Waals surface area contributed by atoms with E-state index in [0.717, 1.165) is 49.2 Å². The summed E-state index contributed by atoms with van der Waals surface area (Å²) in [5.41, 5.74) is 5.55. The van der Waals surface area contributed by atoms with Crippen LogP contribution in [0.4, 0.5) is 0 Å². The predicted octanol–water partition coefficient (Wildman–Crippen LogP) is 1.54. The first kappa shape index (κ1) is 19.3. The summed E-state index contributed by atoms with van der Waals surface area (Å²) >= 11 is 1.89. The molecule has 7 heteroatoms. The van der Waals surface area contributed by atoms with E-state index in [9.17, 15) is 0 Å². The highest BCUT2D eigenvalue weighted by Crippen LogP contribution is 2.48. The molecular formula is C17H33N5OS. The highest BCUT2D eigenvalue weighted by molar-refractivity contribution is 7.99. The molecule has 2 saturated heterocycles. The van der Waals surface area contributed by atoms with E-state index in [1.54, 1.807) is 0 Å². The van der Waals surface area contributed by atoms with Crippen molar-refractivity contribution in [2.75, 3.05) is 51.8 Å². The summed E-state index contributed by atoms with van der Waals surface area (Å²) in [7, 11) is 4.17. The maximum absolute atomic E-state index is 6.59. The Balaban J connectivity index is 2.20. The third kappa shape index (κ3) is 2.86. The van der Waals surface area contributed by atoms with E-state index >= 15 is 0 Å². The maximum Gasteiger partial charge on any atom is 0.264 e. The number of thioether (sulfide) groups is 1. The van der Waals surface area contributed by atoms with Crippen LogP contribution in [0.15, 0.2) is 24.8 Å². The van der Waals surface area contributed by atoms with Crippen molar-refractivity contribution >= 4 is 11.8 Å². The molecule has 2 aliphatic rings. The summed E-state index contributed by atoms with van der Waals surface area (Å²) in [4.78, 5) is 8.94. The van der Waals surface area contributed by atoms with Gasteiger partial charge in [-0.05, 0) is 26.0 Å². The third-order valence-corrected chi connectivity index (χ3v) is 6.02. The van der Waals surface area contributed by atoms with E-state index in [4.69, 9.17) is 10.5 Å². The number of fused-ring (bicyclic) bond motifs is 1. The van der Waals surface area contributed by atoms with Gasteiger partial charge in [-0.15, -0.1) is 0 Å². The second-order valence-corrected chi connectivity index (χ2v) is 7.40. The minimum absolute atomic E-state index is 0.0640. The molecule has 2 rings (SSSR count). The van der Waals surface area contributed by atoms with E-state index in [-0.39, 0.29) is 6.17 Å². The van der Waals surface area contributed by atoms with Crippen molar-refractivity contribution in [1.82, 2.24) is 19.6 Å². The molecule has 0 aliphatic carbocycles. The van der Waals surface area contributed by atoms with Crippen LogP contribution in [-0.4, -0.2) is 83.5 Å². The predicted molar refractivity (Wildman–Crippen MR) is 102 cm³/mol. The Kier molecular flexibility index (Phi) is 6.33. The first-order valence-corrected chi connectivity index (χ1v) is 9.93. The number of hydrogen-bond donors (Lipinski definition) is 1. The second-order valence-electron chi connectivity index (χ2n) is 6.18. The van der Waals surface area contributed by atoms with E-state index in [2.05, 4.69) is 60.7 Å². The van der Waals surface area contributed by atoms with Gasteiger partial charge in [-0.1, -0.05) is 13.2 Å². The van der Waals surface area contributed by atoms with Crippen LogP contribution in [0.25, 0.3) is 0 Å². The van der Waals surface area contributed by atoms with Crippen LogP contribution in [0, 0.1) is 0 Å². The molecule has 0 bridgehead atoms. The molecule has 0 amide bonds. The molecule has 0 aromatic rings. The zero-order chi connectivity index (χ0) is 17.9. The van der Waals surface area contributed by atoms with Crippen molar-refractivity contribution < 1.29 is 4.74 Å². The maximum atomic E-state index is 6.59. The molecule has 2 aliphatic heterocycles. The molecule has 24 heavy (non-hydrogen) atoms. The fourth-order valence-corrected chi connectivity index (χ4v) is 4.53. The number of nitrogens with zero attached hydrogens (tertiary/aromatic N) is 4. The van der Waals surface area contributed by atoms with Crippen LogP contribution >= 0.6 is 11.8 Å². The largest absolute Gasteiger partial charge is 0.335 e. The van der Waals surface area contributed by atoms with Gasteiger partial charge in [-0.3, -0.25) is 0 Å². The minimum atomic E-state index is -0.542. The SMILES string of the molecule is C=C1N(C)[C@H]2N(C)C(=C)N(CC)[C@@]2(OCCCSCCN)N1CC. The highest BCUT2D eigenvalue weighted by Gasteiger charge is 2.64. The number of likely N-dealkylation sites (N-methyl/N-ethyl adjacent to an activating group) is 4. The molecule has 0 aromatic heterocycles. The van der Waals surface area contributed by atoms with Gasteiger partial charge in [0.25, 0.3) is 5.85 Å². The number of hydrogen-bond acceptors (Lipinski definition) is 7. The van der Waals surface area contributed by atoms with E-state index < -0.39 is 5.85 Å². The Morgan fingerprint density at radius 2 is 1.62 bits per heavy atom. The van der Waals surface area contributed by atoms with Gasteiger partial charge in [-0.2, -0.15) is 11.8 Å². The minimum Gasteiger partial charge on any atom is -0.335 e. The molecule has 2 N–H and O–H groups in total. The third-order valence-electron chi connectivity index (χ3n) is 4.92. The summed E-state index contributed by atoms with van der Waals surface area (Å²) in [6.07, 6.45) is 1.08. The van der Waals surface area contributed by atoms with Crippen LogP contribution < -0.4 is 5.73 Å². The standard InChI is InChI=1S/C17H33N5OS/c1-7-21-14(3)19(5)16-17(21,22(8-2)15(4)20(16)6)23-11-9-12-24-13-10-18/h16H,3-4,7-13,18H2,1-2,5-6H3/t16-,17-. The van der Waals surface area contributed by atoms with Gasteiger partial charge in [0.1, 0.15) is 11.6 Å². The smallest absolute Gasteiger partial charge is 0.264 e. The Bertz CT molecular complexity index is 442. The van der Waals surface area contributed by atoms with Gasteiger partial charge in [0.2, 0.25) is 0 Å². The van der Waals surface area contributed by atoms with Crippen LogP contribution in [0.5, 0.6) is 0 Å². The van der Waals surface area contributed by atoms with Crippen LogP contribution in [0.3, 0.4) is 0 Å². The molecule has 2 heterocycles. The van der Waals surface area contributed by atoms with Crippen molar-refractivity contribution in [2.45, 2.75) is 32.3 Å². The monoisotopic (exact) mass is 355 g/mol. The summed E-state index contributed by atoms with van der Waals surface area (Å²) in [5.74, 6) is 3.54. The Morgan fingerprint density at radius 1 is 1.08 bits per heavy atom. The molecule has 0 saturated carbocycles. The molecule has 0 radical (unpaired) electrons. The fraction of sp³-hybridized carbons (Fsp3) is 0.765. The summed E-state index contributed by atoms with van der Waals surface area (Å²) in [6.45, 7) is 16.0. The normalized spacial score (nSPS) is 26.8. The lowest BCUT2D eigenvalue weighted by atomic mass is 10.2. The molecule has 2 fully saturated rings. The van der Waals surface area contributed by atoms with Crippen molar-refractivity contribution in [3.8, 4) is 0 Å². The average Bonchev–Trinajstić information content (AvgIpc) is 2.91. The van der Waals surface area contributed by atoms with Crippen LogP contribution in [0.2, 0.25) is 0 Å². The number of ether oxygens (including phenoxy) is 1. The van der Waals surface area contributed by atoms with Gasteiger partial charge in [0.15, 0.2) is 6.17 Å². The Morgan fingerprint density at radius 3 is 2.08 bits per heavy atom. The lowest BCUT2D eigenvalue weighted by molar-refractivity contribution is -0.211. The van der Waals surface area contributed by atoms with Crippen molar-refractivity contribution in [1.29, 1.82) is 0 Å². The molecule has 0 atom stereocenters. The number of nitrogens with two attached hydrogens (primary N) is 1. The zero-order valence-electron chi connectivity index (χ0n) is 15.6. The zero-order valence-corrected chi connectivity index (χ0v) is 16.4. The molecule has 0 spiro atoms. The first-order chi connectivity index (χ1) is 11.5. The van der Waals surface area contributed by atoms with Crippen molar-refractivity contribution in [3.63, 3.8) is 0 Å². The molecule has 0 aromatic carbocycles. The van der Waals surface area contributed by atoms with Gasteiger partial charge >= 0.3 is 0 Å². The van der Waals surface area contributed by atoms with E-state index in [1.165, 1.54) is 0 Å². The van der Waals surface area contributed by atoms with Crippen molar-refractivity contribution in [2.24, 2.45) is 5.73 Å². The Labute approximate surface area is 151 Å². The second kappa shape index (κ2) is 7.89. The summed E-state index contributed by atoms with van der Waals surface area (Å²) in [5, 5.41) is 0. The van der Waals surface area contributed by atoms with Crippen LogP contribution in [-0.2, 0) is 4.74 Å². The van der Waals surface area contributed by atoms with Gasteiger partial charge in [-0.25, -0.2) is 0 Å². The lowest BCUT2D eigenvalue weighted by Crippen LogP contribution is -2.61. The van der Waals surface area contributed by atoms with Gasteiger partial charge < -0.3 is 30.1 Å². The van der Waals surface area contributed by atoms with Crippen molar-refractivity contribution in [3.05, 3.63) is 24.8 Å². The topological polar surface area (TPSA) is 48.2 Å². The van der Waals surface area contributed by atoms with E-state index in [0.29, 0.717) is 6.61 Å². The van der Waals surface area contributed by atoms with E-state index in [1.807, 2.05) is 11.8 Å². The first-order valence-electron chi connectivity index (χ1n) is 8.77. The molecular weight excluding hydrogens is 322 g/mol. The summed E-state index contributed by atoms with van der Waals surface area (Å²) < 4.78 is 6.59. The van der Waals surface area contributed by atoms with Gasteiger partial charge in [0, 0.05) is 39.5 Å². The number of rotatable bonds is 9. The summed E-state index contributed by atoms with van der Waals surface area (Å²) in [6, 6.07) is 0. The Hall–Kier alpha value is -1.05. The fourth-order valence-electron chi connectivity index (χ4n) is 3.84.